The van der Waals surface area contributed by atoms with Crippen molar-refractivity contribution in [2.75, 3.05) is 0 Å². The number of rotatable bonds is 5. The summed E-state index contributed by atoms with van der Waals surface area (Å²) in [6.07, 6.45) is 3.87. The maximum Gasteiger partial charge on any atom is -0.0771 e. The van der Waals surface area contributed by atoms with E-state index in [1.165, 1.54) is 84.9 Å². The number of hydrogen-bond acceptors (Lipinski definition) is 0. The Morgan fingerprint density at radius 3 is 1.55 bits per heavy atom. The predicted molar refractivity (Wildman–Crippen MR) is 154 cm³/mol. The van der Waals surface area contributed by atoms with Gasteiger partial charge in [-0.1, -0.05) is 62.6 Å². The fourth-order valence-electron chi connectivity index (χ4n) is 4.24. The minimum absolute atomic E-state index is 0. The molecule has 0 fully saturated rings. The van der Waals surface area contributed by atoms with Gasteiger partial charge in [-0.15, -0.1) is 39.7 Å². The van der Waals surface area contributed by atoms with Gasteiger partial charge in [-0.2, -0.15) is 23.8 Å². The summed E-state index contributed by atoms with van der Waals surface area (Å²) in [5.41, 5.74) is 4.14. The van der Waals surface area contributed by atoms with E-state index in [4.69, 9.17) is 0 Å². The average Bonchev–Trinajstić information content (AvgIpc) is 3.61. The van der Waals surface area contributed by atoms with Crippen LogP contribution in [0.25, 0.3) is 21.5 Å². The molecular weight excluding hydrogens is 583 g/mol. The second-order valence-corrected chi connectivity index (χ2v) is 10.1. The molecule has 0 radical (unpaired) electrons. The summed E-state index contributed by atoms with van der Waals surface area (Å²) in [4.78, 5) is 0. The molecule has 0 aromatic heterocycles. The van der Waals surface area contributed by atoms with Crippen LogP contribution in [0.4, 0.5) is 0 Å². The van der Waals surface area contributed by atoms with E-state index in [-0.39, 0.29) is 24.8 Å². The molecular formula is C35H32Cl2Zr-2. The first kappa shape index (κ1) is 31.6. The molecule has 0 atom stereocenters. The molecule has 6 aromatic rings. The Labute approximate surface area is 254 Å². The average molecular weight is 615 g/mol. The quantitative estimate of drug-likeness (QED) is 0.262. The second-order valence-electron chi connectivity index (χ2n) is 8.82. The van der Waals surface area contributed by atoms with Gasteiger partial charge in [0.1, 0.15) is 0 Å². The summed E-state index contributed by atoms with van der Waals surface area (Å²) >= 11 is 1.46. The fourth-order valence-corrected chi connectivity index (χ4v) is 5.06. The summed E-state index contributed by atoms with van der Waals surface area (Å²) in [6, 6.07) is 49.0. The van der Waals surface area contributed by atoms with Crippen molar-refractivity contribution < 1.29 is 49.0 Å². The molecule has 0 bridgehead atoms. The molecule has 3 heteroatoms. The maximum atomic E-state index is 2.24. The van der Waals surface area contributed by atoms with Gasteiger partial charge < -0.3 is 24.8 Å². The van der Waals surface area contributed by atoms with E-state index in [2.05, 4.69) is 146 Å². The van der Waals surface area contributed by atoms with Gasteiger partial charge in [0.25, 0.3) is 0 Å². The zero-order valence-electron chi connectivity index (χ0n) is 21.7. The largest absolute Gasteiger partial charge is 0.126 e. The Morgan fingerprint density at radius 1 is 0.632 bits per heavy atom. The standard InChI is InChI=1S/C13H9.C13H10.C9H13.2ClH.Zr/c1-3-7-12-10(5-1)9-11-6-2-4-8-13(11)12;1-3-7-12(8-4-1)11-13-9-5-2-6-10-13;1-2-3-6-9-7-4-5-8-9;;;/h1-9H;1-10H;4-5,7-8H,2-3,6H2,1H3;2*1H;/q-1;;-1;;;+2/p-2. The minimum atomic E-state index is 0. The molecule has 0 aliphatic carbocycles. The molecule has 0 amide bonds. The van der Waals surface area contributed by atoms with Crippen LogP contribution in [0.2, 0.25) is 0 Å². The summed E-state index contributed by atoms with van der Waals surface area (Å²) in [5, 5.41) is 5.39. The molecule has 6 aromatic carbocycles. The zero-order chi connectivity index (χ0) is 25.0. The van der Waals surface area contributed by atoms with E-state index >= 15 is 0 Å². The summed E-state index contributed by atoms with van der Waals surface area (Å²) < 4.78 is 1.42. The van der Waals surface area contributed by atoms with Crippen LogP contribution in [0, 0.1) is 0 Å². The maximum absolute atomic E-state index is 2.24. The predicted octanol–water partition coefficient (Wildman–Crippen LogP) is 3.27. The molecule has 0 aliphatic rings. The first-order chi connectivity index (χ1) is 17.8. The molecule has 192 valence electrons. The van der Waals surface area contributed by atoms with Crippen LogP contribution in [-0.2, 0) is 30.7 Å². The van der Waals surface area contributed by atoms with E-state index in [0.717, 1.165) is 0 Å². The van der Waals surface area contributed by atoms with Crippen LogP contribution in [0.3, 0.4) is 0 Å². The zero-order valence-corrected chi connectivity index (χ0v) is 25.6. The molecule has 0 aliphatic heterocycles. The third-order valence-corrected chi connectivity index (χ3v) is 7.62. The van der Waals surface area contributed by atoms with Crippen LogP contribution < -0.4 is 24.8 Å². The van der Waals surface area contributed by atoms with Crippen molar-refractivity contribution in [3.05, 3.63) is 156 Å². The van der Waals surface area contributed by atoms with Crippen LogP contribution >= 0.6 is 0 Å². The van der Waals surface area contributed by atoms with E-state index in [1.54, 1.807) is 0 Å². The van der Waals surface area contributed by atoms with Crippen LogP contribution in [0.15, 0.2) is 140 Å². The minimum Gasteiger partial charge on any atom is -0.126 e. The van der Waals surface area contributed by atoms with Crippen molar-refractivity contribution in [3.8, 4) is 0 Å². The molecule has 0 N–H and O–H groups in total. The number of aryl methyl sites for hydroxylation is 1. The summed E-state index contributed by atoms with van der Waals surface area (Å²) in [6.45, 7) is 2.23. The van der Waals surface area contributed by atoms with E-state index < -0.39 is 0 Å². The molecule has 0 unspecified atom stereocenters. The molecule has 0 saturated heterocycles. The fraction of sp³-hybridized carbons (Fsp3) is 0.114. The molecule has 0 spiro atoms. The Morgan fingerprint density at radius 2 is 1.11 bits per heavy atom. The van der Waals surface area contributed by atoms with Crippen LogP contribution in [0.5, 0.6) is 0 Å². The van der Waals surface area contributed by atoms with Crippen LogP contribution in [-0.4, -0.2) is 3.21 Å². The van der Waals surface area contributed by atoms with Crippen molar-refractivity contribution in [2.45, 2.75) is 26.2 Å². The number of fused-ring (bicyclic) bond motifs is 3. The topological polar surface area (TPSA) is 0 Å². The van der Waals surface area contributed by atoms with Gasteiger partial charge in [-0.3, -0.25) is 0 Å². The third kappa shape index (κ3) is 9.02. The normalized spacial score (nSPS) is 9.76. The third-order valence-electron chi connectivity index (χ3n) is 6.20. The monoisotopic (exact) mass is 612 g/mol. The van der Waals surface area contributed by atoms with Crippen molar-refractivity contribution in [2.24, 2.45) is 0 Å². The first-order valence-corrected chi connectivity index (χ1v) is 13.9. The van der Waals surface area contributed by atoms with Crippen molar-refractivity contribution in [3.63, 3.8) is 0 Å². The smallest absolute Gasteiger partial charge is 0.0771 e. The number of halogens is 2. The molecule has 0 saturated carbocycles. The van der Waals surface area contributed by atoms with Gasteiger partial charge in [0, 0.05) is 0 Å². The van der Waals surface area contributed by atoms with Crippen molar-refractivity contribution >= 4 is 24.8 Å². The SMILES string of the molecule is CCCCc1cc[cH-]c1.[Cl-].[Cl-].[Zr+2]=[C](c1ccccc1)c1ccccc1.c1ccc2c(c1)[cH-]c1ccccc12. The van der Waals surface area contributed by atoms with Gasteiger partial charge in [-0.25, -0.2) is 6.07 Å². The molecule has 0 nitrogen and oxygen atoms in total. The van der Waals surface area contributed by atoms with Gasteiger partial charge in [-0.05, 0) is 0 Å². The van der Waals surface area contributed by atoms with Crippen molar-refractivity contribution in [1.82, 2.24) is 0 Å². The second kappa shape index (κ2) is 17.1. The van der Waals surface area contributed by atoms with Gasteiger partial charge in [0.15, 0.2) is 0 Å². The number of hydrogen-bond donors (Lipinski definition) is 0. The van der Waals surface area contributed by atoms with E-state index in [9.17, 15) is 0 Å². The molecule has 38 heavy (non-hydrogen) atoms. The van der Waals surface area contributed by atoms with E-state index in [1.807, 2.05) is 0 Å². The number of benzene rings is 4. The summed E-state index contributed by atoms with van der Waals surface area (Å²) in [5.74, 6) is 0. The van der Waals surface area contributed by atoms with Crippen LogP contribution in [0.1, 0.15) is 36.5 Å². The molecule has 6 rings (SSSR count). The summed E-state index contributed by atoms with van der Waals surface area (Å²) in [7, 11) is 0. The Bertz CT molecular complexity index is 1370. The van der Waals surface area contributed by atoms with Gasteiger partial charge >= 0.3 is 99.2 Å². The van der Waals surface area contributed by atoms with Crippen molar-refractivity contribution in [1.29, 1.82) is 0 Å². The molecule has 0 heterocycles. The Kier molecular flexibility index (Phi) is 14.2. The van der Waals surface area contributed by atoms with Gasteiger partial charge in [0.2, 0.25) is 0 Å². The first-order valence-electron chi connectivity index (χ1n) is 12.7. The Balaban J connectivity index is 0.000000200. The van der Waals surface area contributed by atoms with Gasteiger partial charge in [0.05, 0.1) is 0 Å². The Hall–Kier alpha value is -2.57. The van der Waals surface area contributed by atoms with E-state index in [0.29, 0.717) is 0 Å². The number of unbranched alkanes of at least 4 members (excludes halogenated alkanes) is 1.